The van der Waals surface area contributed by atoms with E-state index >= 15 is 0 Å². The molecule has 3 amide bonds. The van der Waals surface area contributed by atoms with Crippen molar-refractivity contribution in [1.29, 1.82) is 0 Å². The Morgan fingerprint density at radius 3 is 1.97 bits per heavy atom. The van der Waals surface area contributed by atoms with Crippen LogP contribution in [0.5, 0.6) is 5.75 Å². The Hall–Kier alpha value is -3.29. The summed E-state index contributed by atoms with van der Waals surface area (Å²) in [6.07, 6.45) is 1.46. The van der Waals surface area contributed by atoms with Crippen LogP contribution in [0.25, 0.3) is 0 Å². The van der Waals surface area contributed by atoms with Crippen LogP contribution >= 0.6 is 0 Å². The van der Waals surface area contributed by atoms with E-state index < -0.39 is 28.6 Å². The first-order valence-corrected chi connectivity index (χ1v) is 9.59. The van der Waals surface area contributed by atoms with Crippen molar-refractivity contribution in [1.82, 2.24) is 16.2 Å². The van der Waals surface area contributed by atoms with E-state index in [2.05, 4.69) is 16.2 Å². The molecule has 0 saturated carbocycles. The van der Waals surface area contributed by atoms with Crippen molar-refractivity contribution in [3.8, 4) is 5.75 Å². The first-order chi connectivity index (χ1) is 13.8. The minimum Gasteiger partial charge on any atom is -0.507 e. The molecule has 0 aliphatic carbocycles. The summed E-state index contributed by atoms with van der Waals surface area (Å²) in [6, 6.07) is 6.49. The number of hydrogen-bond donors (Lipinski definition) is 4. The van der Waals surface area contributed by atoms with E-state index in [1.54, 1.807) is 24.3 Å². The number of aromatic hydroxyl groups is 1. The molecule has 0 aliphatic rings. The second-order valence-electron chi connectivity index (χ2n) is 9.09. The first-order valence-electron chi connectivity index (χ1n) is 9.59. The molecular weight excluding hydrogens is 386 g/mol. The smallest absolute Gasteiger partial charge is 0.327 e. The van der Waals surface area contributed by atoms with Crippen LogP contribution in [0.2, 0.25) is 0 Å². The van der Waals surface area contributed by atoms with E-state index in [0.29, 0.717) is 16.9 Å². The number of rotatable bonds is 3. The number of phenols is 1. The van der Waals surface area contributed by atoms with Gasteiger partial charge in [0.05, 0.1) is 12.8 Å². The molecule has 8 nitrogen and oxygen atoms in total. The summed E-state index contributed by atoms with van der Waals surface area (Å²) in [4.78, 5) is 36.4. The molecule has 1 aromatic heterocycles. The van der Waals surface area contributed by atoms with Crippen LogP contribution in [0.15, 0.2) is 34.9 Å². The number of furan rings is 1. The van der Waals surface area contributed by atoms with Crippen molar-refractivity contribution in [2.75, 3.05) is 0 Å². The molecule has 0 spiro atoms. The van der Waals surface area contributed by atoms with Crippen LogP contribution in [-0.4, -0.2) is 22.8 Å². The van der Waals surface area contributed by atoms with Gasteiger partial charge in [0, 0.05) is 16.7 Å². The molecule has 2 aromatic rings. The van der Waals surface area contributed by atoms with Gasteiger partial charge < -0.3 is 14.8 Å². The molecule has 0 aliphatic heterocycles. The van der Waals surface area contributed by atoms with Gasteiger partial charge in [-0.2, -0.15) is 0 Å². The molecule has 0 bridgehead atoms. The van der Waals surface area contributed by atoms with Crippen LogP contribution in [0, 0.1) is 0 Å². The van der Waals surface area contributed by atoms with Gasteiger partial charge in [0.2, 0.25) is 0 Å². The maximum atomic E-state index is 12.6. The molecule has 2 rings (SSSR count). The van der Waals surface area contributed by atoms with Crippen molar-refractivity contribution in [2.24, 2.45) is 0 Å². The fraction of sp³-hybridized carbons (Fsp3) is 0.409. The second-order valence-corrected chi connectivity index (χ2v) is 9.09. The van der Waals surface area contributed by atoms with Crippen molar-refractivity contribution >= 4 is 17.7 Å². The number of carbonyl (C=O) groups is 3. The Balaban J connectivity index is 2.12. The zero-order valence-electron chi connectivity index (χ0n) is 18.2. The van der Waals surface area contributed by atoms with Gasteiger partial charge in [-0.15, -0.1) is 0 Å². The third kappa shape index (κ3) is 5.62. The molecular formula is C22H29N3O5. The van der Waals surface area contributed by atoms with Crippen LogP contribution in [0.4, 0.5) is 0 Å². The highest BCUT2D eigenvalue weighted by molar-refractivity contribution is 6.35. The Morgan fingerprint density at radius 1 is 0.933 bits per heavy atom. The molecule has 0 fully saturated rings. The van der Waals surface area contributed by atoms with Gasteiger partial charge in [-0.1, -0.05) is 41.5 Å². The lowest BCUT2D eigenvalue weighted by Crippen LogP contribution is -2.48. The SMILES string of the molecule is CC(C)(C)c1cc(C(=O)NNC(=O)C(=O)NCc2ccco2)cc(C(C)(C)C)c1O. The number of hydrogen-bond acceptors (Lipinski definition) is 5. The van der Waals surface area contributed by atoms with Crippen LogP contribution in [-0.2, 0) is 27.0 Å². The van der Waals surface area contributed by atoms with Crippen molar-refractivity contribution < 1.29 is 23.9 Å². The number of nitrogens with one attached hydrogen (secondary N) is 3. The average molecular weight is 415 g/mol. The van der Waals surface area contributed by atoms with Gasteiger partial charge in [-0.25, -0.2) is 0 Å². The minimum absolute atomic E-state index is 0.0506. The summed E-state index contributed by atoms with van der Waals surface area (Å²) in [5.41, 5.74) is 5.02. The molecule has 0 atom stereocenters. The minimum atomic E-state index is -1.01. The summed E-state index contributed by atoms with van der Waals surface area (Å²) in [5.74, 6) is -1.89. The van der Waals surface area contributed by atoms with Crippen LogP contribution in [0.3, 0.4) is 0 Å². The predicted molar refractivity (Wildman–Crippen MR) is 112 cm³/mol. The third-order valence-electron chi connectivity index (χ3n) is 4.49. The summed E-state index contributed by atoms with van der Waals surface area (Å²) in [7, 11) is 0. The first kappa shape index (κ1) is 23.0. The number of hydrazine groups is 1. The Morgan fingerprint density at radius 2 is 1.50 bits per heavy atom. The zero-order chi connectivity index (χ0) is 22.7. The number of benzene rings is 1. The molecule has 0 unspecified atom stereocenters. The van der Waals surface area contributed by atoms with Gasteiger partial charge in [0.25, 0.3) is 5.91 Å². The van der Waals surface area contributed by atoms with E-state index in [9.17, 15) is 19.5 Å². The molecule has 30 heavy (non-hydrogen) atoms. The molecule has 8 heteroatoms. The lowest BCUT2D eigenvalue weighted by atomic mass is 9.78. The maximum absolute atomic E-state index is 12.6. The fourth-order valence-corrected chi connectivity index (χ4v) is 2.81. The van der Waals surface area contributed by atoms with E-state index in [4.69, 9.17) is 4.42 Å². The van der Waals surface area contributed by atoms with E-state index in [1.807, 2.05) is 41.5 Å². The quantitative estimate of drug-likeness (QED) is 0.454. The Kier molecular flexibility index (Phi) is 6.60. The van der Waals surface area contributed by atoms with Gasteiger partial charge in [-0.3, -0.25) is 25.2 Å². The molecule has 1 heterocycles. The topological polar surface area (TPSA) is 121 Å². The third-order valence-corrected chi connectivity index (χ3v) is 4.49. The highest BCUT2D eigenvalue weighted by Gasteiger charge is 2.28. The summed E-state index contributed by atoms with van der Waals surface area (Å²) in [5, 5.41) is 13.1. The van der Waals surface area contributed by atoms with Gasteiger partial charge in [0.15, 0.2) is 0 Å². The zero-order valence-corrected chi connectivity index (χ0v) is 18.2. The Labute approximate surface area is 176 Å². The summed E-state index contributed by atoms with van der Waals surface area (Å²) < 4.78 is 5.07. The van der Waals surface area contributed by atoms with Gasteiger partial charge >= 0.3 is 11.8 Å². The highest BCUT2D eigenvalue weighted by atomic mass is 16.3. The van der Waals surface area contributed by atoms with E-state index in [-0.39, 0.29) is 17.9 Å². The molecule has 0 radical (unpaired) electrons. The number of amides is 3. The van der Waals surface area contributed by atoms with Crippen molar-refractivity contribution in [3.63, 3.8) is 0 Å². The highest BCUT2D eigenvalue weighted by Crippen LogP contribution is 2.39. The summed E-state index contributed by atoms with van der Waals surface area (Å²) >= 11 is 0. The van der Waals surface area contributed by atoms with Crippen molar-refractivity contribution in [2.45, 2.75) is 58.9 Å². The summed E-state index contributed by atoms with van der Waals surface area (Å²) in [6.45, 7) is 11.6. The average Bonchev–Trinajstić information content (AvgIpc) is 3.15. The van der Waals surface area contributed by atoms with Crippen LogP contribution < -0.4 is 16.2 Å². The molecule has 162 valence electrons. The second kappa shape index (κ2) is 8.61. The molecule has 0 saturated heterocycles. The normalized spacial score (nSPS) is 11.7. The van der Waals surface area contributed by atoms with Gasteiger partial charge in [0.1, 0.15) is 11.5 Å². The number of carbonyl (C=O) groups excluding carboxylic acids is 3. The van der Waals surface area contributed by atoms with E-state index in [0.717, 1.165) is 0 Å². The monoisotopic (exact) mass is 415 g/mol. The van der Waals surface area contributed by atoms with E-state index in [1.165, 1.54) is 6.26 Å². The lowest BCUT2D eigenvalue weighted by Gasteiger charge is -2.28. The standard InChI is InChI=1S/C22H29N3O5/c1-21(2,3)15-10-13(11-16(17(15)26)22(4,5)6)18(27)24-25-20(29)19(28)23-12-14-8-7-9-30-14/h7-11,26H,12H2,1-6H3,(H,23,28)(H,24,27)(H,25,29). The largest absolute Gasteiger partial charge is 0.507 e. The maximum Gasteiger partial charge on any atom is 0.327 e. The van der Waals surface area contributed by atoms with Gasteiger partial charge in [-0.05, 0) is 35.1 Å². The predicted octanol–water partition coefficient (Wildman–Crippen LogP) is 2.66. The fourth-order valence-electron chi connectivity index (χ4n) is 2.81. The van der Waals surface area contributed by atoms with Crippen molar-refractivity contribution in [3.05, 3.63) is 53.0 Å². The van der Waals surface area contributed by atoms with Crippen LogP contribution in [0.1, 0.15) is 68.8 Å². The number of phenolic OH excluding ortho intramolecular Hbond substituents is 1. The Bertz CT molecular complexity index is 900. The molecule has 1 aromatic carbocycles. The molecule has 4 N–H and O–H groups in total. The lowest BCUT2D eigenvalue weighted by molar-refractivity contribution is -0.139.